The number of thioether (sulfide) groups is 1. The molecule has 1 rings (SSSR count). The maximum atomic E-state index is 12.0. The fourth-order valence-electron chi connectivity index (χ4n) is 2.28. The van der Waals surface area contributed by atoms with Crippen LogP contribution in [0.3, 0.4) is 0 Å². The number of nitrogens with one attached hydrogen (secondary N) is 1. The molecule has 3 N–H and O–H groups in total. The Kier molecular flexibility index (Phi) is 5.62. The predicted octanol–water partition coefficient (Wildman–Crippen LogP) is 1.62. The Morgan fingerprint density at radius 3 is 2.62 bits per heavy atom. The van der Waals surface area contributed by atoms with Gasteiger partial charge in [-0.2, -0.15) is 11.8 Å². The zero-order valence-electron chi connectivity index (χ0n) is 10.5. The van der Waals surface area contributed by atoms with Crippen LogP contribution in [0.15, 0.2) is 0 Å². The number of amides is 1. The Bertz CT molecular complexity index is 233. The molecule has 1 fully saturated rings. The van der Waals surface area contributed by atoms with Crippen molar-refractivity contribution in [1.82, 2.24) is 5.32 Å². The molecular formula is C12H24N2OS. The van der Waals surface area contributed by atoms with E-state index >= 15 is 0 Å². The van der Waals surface area contributed by atoms with E-state index in [4.69, 9.17) is 5.73 Å². The first-order valence-corrected chi connectivity index (χ1v) is 7.40. The first kappa shape index (κ1) is 13.8. The highest BCUT2D eigenvalue weighted by atomic mass is 32.2. The number of rotatable bonds is 5. The number of hydrogen-bond donors (Lipinski definition) is 2. The third-order valence-electron chi connectivity index (χ3n) is 3.46. The van der Waals surface area contributed by atoms with Gasteiger partial charge in [0.1, 0.15) is 0 Å². The number of hydrogen-bond acceptors (Lipinski definition) is 3. The van der Waals surface area contributed by atoms with Gasteiger partial charge in [-0.3, -0.25) is 4.79 Å². The third kappa shape index (κ3) is 3.67. The molecule has 1 saturated carbocycles. The highest BCUT2D eigenvalue weighted by molar-refractivity contribution is 7.99. The lowest BCUT2D eigenvalue weighted by Crippen LogP contribution is -2.42. The van der Waals surface area contributed by atoms with E-state index < -0.39 is 0 Å². The summed E-state index contributed by atoms with van der Waals surface area (Å²) in [6, 6.07) is 0.373. The molecule has 3 atom stereocenters. The van der Waals surface area contributed by atoms with Crippen LogP contribution in [-0.2, 0) is 4.79 Å². The fourth-order valence-corrected chi connectivity index (χ4v) is 3.07. The van der Waals surface area contributed by atoms with Gasteiger partial charge in [-0.15, -0.1) is 0 Å². The molecule has 1 aliphatic rings. The Balaban J connectivity index is 2.39. The molecule has 0 aromatic heterocycles. The summed E-state index contributed by atoms with van der Waals surface area (Å²) in [6.45, 7) is 4.55. The molecule has 0 bridgehead atoms. The summed E-state index contributed by atoms with van der Waals surface area (Å²) in [5.41, 5.74) is 5.64. The van der Waals surface area contributed by atoms with Crippen molar-refractivity contribution >= 4 is 17.7 Å². The monoisotopic (exact) mass is 244 g/mol. The minimum Gasteiger partial charge on any atom is -0.353 e. The quantitative estimate of drug-likeness (QED) is 0.772. The molecule has 4 heteroatoms. The highest BCUT2D eigenvalue weighted by Gasteiger charge is 2.28. The molecular weight excluding hydrogens is 220 g/mol. The lowest BCUT2D eigenvalue weighted by Gasteiger charge is -2.21. The topological polar surface area (TPSA) is 55.1 Å². The molecule has 0 aromatic rings. The van der Waals surface area contributed by atoms with Gasteiger partial charge in [0.25, 0.3) is 0 Å². The molecule has 1 aliphatic carbocycles. The van der Waals surface area contributed by atoms with Crippen LogP contribution in [0.1, 0.15) is 33.1 Å². The third-order valence-corrected chi connectivity index (χ3v) is 4.55. The van der Waals surface area contributed by atoms with Crippen LogP contribution in [0.2, 0.25) is 0 Å². The molecule has 0 aromatic carbocycles. The molecule has 0 aliphatic heterocycles. The van der Waals surface area contributed by atoms with Gasteiger partial charge in [-0.25, -0.2) is 0 Å². The van der Waals surface area contributed by atoms with Crippen LogP contribution in [0.25, 0.3) is 0 Å². The van der Waals surface area contributed by atoms with E-state index in [1.54, 1.807) is 0 Å². The average Bonchev–Trinajstić information content (AvgIpc) is 2.65. The standard InChI is InChI=1S/C12H24N2OS/c1-8(2)11(7-13)12(15)14-9-4-5-10(6-9)16-3/h8-11H,4-7,13H2,1-3H3,(H,14,15). The largest absolute Gasteiger partial charge is 0.353 e. The van der Waals surface area contributed by atoms with E-state index in [1.165, 1.54) is 6.42 Å². The van der Waals surface area contributed by atoms with Gasteiger partial charge in [0, 0.05) is 17.8 Å². The van der Waals surface area contributed by atoms with E-state index in [2.05, 4.69) is 25.4 Å². The van der Waals surface area contributed by atoms with Gasteiger partial charge in [-0.05, 0) is 31.4 Å². The average molecular weight is 244 g/mol. The van der Waals surface area contributed by atoms with Crippen molar-refractivity contribution in [1.29, 1.82) is 0 Å². The van der Waals surface area contributed by atoms with Crippen LogP contribution in [0.4, 0.5) is 0 Å². The minimum atomic E-state index is -0.0340. The summed E-state index contributed by atoms with van der Waals surface area (Å²) in [7, 11) is 0. The molecule has 94 valence electrons. The van der Waals surface area contributed by atoms with Crippen LogP contribution in [0.5, 0.6) is 0 Å². The van der Waals surface area contributed by atoms with Gasteiger partial charge >= 0.3 is 0 Å². The van der Waals surface area contributed by atoms with Crippen LogP contribution in [-0.4, -0.2) is 30.0 Å². The molecule has 3 unspecified atom stereocenters. The maximum absolute atomic E-state index is 12.0. The second kappa shape index (κ2) is 6.50. The Labute approximate surface area is 103 Å². The summed E-state index contributed by atoms with van der Waals surface area (Å²) in [4.78, 5) is 12.0. The van der Waals surface area contributed by atoms with Crippen molar-refractivity contribution in [3.05, 3.63) is 0 Å². The molecule has 0 heterocycles. The van der Waals surface area contributed by atoms with Gasteiger partial charge in [0.05, 0.1) is 5.92 Å². The van der Waals surface area contributed by atoms with Crippen molar-refractivity contribution in [2.24, 2.45) is 17.6 Å². The van der Waals surface area contributed by atoms with Crippen molar-refractivity contribution in [2.45, 2.75) is 44.4 Å². The molecule has 1 amide bonds. The summed E-state index contributed by atoms with van der Waals surface area (Å²) < 4.78 is 0. The summed E-state index contributed by atoms with van der Waals surface area (Å²) in [6.07, 6.45) is 5.60. The number of nitrogens with two attached hydrogens (primary N) is 1. The molecule has 0 radical (unpaired) electrons. The Morgan fingerprint density at radius 2 is 2.19 bits per heavy atom. The second-order valence-electron chi connectivity index (χ2n) is 4.96. The zero-order chi connectivity index (χ0) is 12.1. The van der Waals surface area contributed by atoms with Crippen LogP contribution >= 0.6 is 11.8 Å². The van der Waals surface area contributed by atoms with Gasteiger partial charge in [0.2, 0.25) is 5.91 Å². The summed E-state index contributed by atoms with van der Waals surface area (Å²) in [5, 5.41) is 3.87. The van der Waals surface area contributed by atoms with Crippen molar-refractivity contribution in [2.75, 3.05) is 12.8 Å². The highest BCUT2D eigenvalue weighted by Crippen LogP contribution is 2.28. The molecule has 16 heavy (non-hydrogen) atoms. The number of carbonyl (C=O) groups is 1. The van der Waals surface area contributed by atoms with Crippen molar-refractivity contribution < 1.29 is 4.79 Å². The fraction of sp³-hybridized carbons (Fsp3) is 0.917. The van der Waals surface area contributed by atoms with Gasteiger partial charge in [-0.1, -0.05) is 13.8 Å². The first-order valence-electron chi connectivity index (χ1n) is 6.11. The van der Waals surface area contributed by atoms with Gasteiger partial charge < -0.3 is 11.1 Å². The van der Waals surface area contributed by atoms with E-state index in [1.807, 2.05) is 11.8 Å². The number of carbonyl (C=O) groups excluding carboxylic acids is 1. The summed E-state index contributed by atoms with van der Waals surface area (Å²) in [5.74, 6) is 0.431. The predicted molar refractivity (Wildman–Crippen MR) is 70.5 cm³/mol. The Morgan fingerprint density at radius 1 is 1.50 bits per heavy atom. The molecule has 3 nitrogen and oxygen atoms in total. The maximum Gasteiger partial charge on any atom is 0.224 e. The van der Waals surface area contributed by atoms with Crippen LogP contribution in [0, 0.1) is 11.8 Å². The first-order chi connectivity index (χ1) is 7.58. The van der Waals surface area contributed by atoms with E-state index in [9.17, 15) is 4.79 Å². The van der Waals surface area contributed by atoms with E-state index in [-0.39, 0.29) is 11.8 Å². The second-order valence-corrected chi connectivity index (χ2v) is 6.10. The lowest BCUT2D eigenvalue weighted by molar-refractivity contribution is -0.126. The normalized spacial score (nSPS) is 27.1. The van der Waals surface area contributed by atoms with Gasteiger partial charge in [0.15, 0.2) is 0 Å². The SMILES string of the molecule is CSC1CCC(NC(=O)C(CN)C(C)C)C1. The smallest absolute Gasteiger partial charge is 0.224 e. The Hall–Kier alpha value is -0.220. The molecule has 0 spiro atoms. The zero-order valence-corrected chi connectivity index (χ0v) is 11.3. The molecule has 0 saturated heterocycles. The lowest BCUT2D eigenvalue weighted by atomic mass is 9.95. The summed E-state index contributed by atoms with van der Waals surface area (Å²) >= 11 is 1.91. The van der Waals surface area contributed by atoms with Crippen LogP contribution < -0.4 is 11.1 Å². The minimum absolute atomic E-state index is 0.0340. The van der Waals surface area contributed by atoms with E-state index in [0.29, 0.717) is 18.5 Å². The van der Waals surface area contributed by atoms with Crippen molar-refractivity contribution in [3.8, 4) is 0 Å². The van der Waals surface area contributed by atoms with E-state index in [0.717, 1.165) is 18.1 Å². The van der Waals surface area contributed by atoms with Crippen molar-refractivity contribution in [3.63, 3.8) is 0 Å².